The average Bonchev–Trinajstić information content (AvgIpc) is 2.30. The number of rotatable bonds is 3. The Balaban J connectivity index is 0.00000264. The number of carbonyl (C=O) groups excluding carboxylic acids is 1. The first-order valence-electron chi connectivity index (χ1n) is 7.25. The fourth-order valence-electron chi connectivity index (χ4n) is 2.80. The van der Waals surface area contributed by atoms with E-state index in [0.717, 1.165) is 0 Å². The molecule has 1 aliphatic rings. The molecule has 0 unspecified atom stereocenters. The van der Waals surface area contributed by atoms with Gasteiger partial charge >= 0.3 is 64.5 Å². The normalized spacial score (nSPS) is 17.0. The summed E-state index contributed by atoms with van der Waals surface area (Å²) in [4.78, 5) is 13.3. The van der Waals surface area contributed by atoms with Crippen molar-refractivity contribution in [3.63, 3.8) is 0 Å². The van der Waals surface area contributed by atoms with E-state index in [0.29, 0.717) is 5.56 Å². The van der Waals surface area contributed by atoms with E-state index in [2.05, 4.69) is 0 Å². The molecule has 0 atom stereocenters. The SMILES string of the molecule is CC(C)(C)OC(=O)N1CC(C[B-](F)(F)F)(c2ccccc2)C1.[K+]. The monoisotopic (exact) mass is 353 g/mol. The first-order chi connectivity index (χ1) is 10.0. The summed E-state index contributed by atoms with van der Waals surface area (Å²) < 4.78 is 44.2. The minimum absolute atomic E-state index is 0. The van der Waals surface area contributed by atoms with Crippen LogP contribution in [0.2, 0.25) is 6.32 Å². The fourth-order valence-corrected chi connectivity index (χ4v) is 2.80. The Hall–Kier alpha value is -0.0187. The molecule has 0 aliphatic carbocycles. The number of benzene rings is 1. The average molecular weight is 353 g/mol. The Morgan fingerprint density at radius 3 is 2.17 bits per heavy atom. The van der Waals surface area contributed by atoms with Gasteiger partial charge in [0.05, 0.1) is 0 Å². The number of ether oxygens (including phenoxy) is 1. The molecular weight excluding hydrogens is 333 g/mol. The zero-order valence-electron chi connectivity index (χ0n) is 14.0. The van der Waals surface area contributed by atoms with Gasteiger partial charge in [0, 0.05) is 18.5 Å². The smallest absolute Gasteiger partial charge is 0.449 e. The van der Waals surface area contributed by atoms with E-state index < -0.39 is 30.4 Å². The predicted octanol–water partition coefficient (Wildman–Crippen LogP) is 1.03. The van der Waals surface area contributed by atoms with Gasteiger partial charge in [0.25, 0.3) is 0 Å². The summed E-state index contributed by atoms with van der Waals surface area (Å²) in [6.45, 7) is 0.324. The Labute approximate surface area is 177 Å². The number of nitrogens with zero attached hydrogens (tertiary/aromatic N) is 1. The number of carbonyl (C=O) groups is 1. The number of likely N-dealkylation sites (tertiary alicyclic amines) is 1. The van der Waals surface area contributed by atoms with Crippen LogP contribution in [-0.2, 0) is 10.2 Å². The molecule has 1 fully saturated rings. The van der Waals surface area contributed by atoms with Gasteiger partial charge in [-0.15, -0.1) is 0 Å². The summed E-state index contributed by atoms with van der Waals surface area (Å²) in [5.74, 6) is 0. The molecule has 8 heteroatoms. The van der Waals surface area contributed by atoms with E-state index in [-0.39, 0.29) is 64.5 Å². The van der Waals surface area contributed by atoms with Gasteiger partial charge in [-0.1, -0.05) is 36.7 Å². The van der Waals surface area contributed by atoms with Crippen molar-refractivity contribution in [1.82, 2.24) is 4.90 Å². The molecular formula is C15H20BF3KNO2. The molecule has 1 aromatic carbocycles. The van der Waals surface area contributed by atoms with Gasteiger partial charge in [0.2, 0.25) is 0 Å². The Kier molecular flexibility index (Phi) is 6.83. The third kappa shape index (κ3) is 5.78. The van der Waals surface area contributed by atoms with Crippen LogP contribution < -0.4 is 51.4 Å². The molecule has 1 aromatic rings. The number of amides is 1. The van der Waals surface area contributed by atoms with Crippen molar-refractivity contribution >= 4 is 13.1 Å². The van der Waals surface area contributed by atoms with Crippen LogP contribution in [-0.4, -0.2) is 36.7 Å². The molecule has 2 rings (SSSR count). The Bertz CT molecular complexity index is 540. The second-order valence-electron chi connectivity index (χ2n) is 6.90. The molecule has 1 saturated heterocycles. The third-order valence-electron chi connectivity index (χ3n) is 3.65. The van der Waals surface area contributed by atoms with Crippen molar-refractivity contribution in [2.24, 2.45) is 0 Å². The van der Waals surface area contributed by atoms with Gasteiger partial charge in [0.15, 0.2) is 0 Å². The van der Waals surface area contributed by atoms with E-state index in [9.17, 15) is 17.7 Å². The summed E-state index contributed by atoms with van der Waals surface area (Å²) in [6.07, 6.45) is -1.44. The molecule has 0 N–H and O–H groups in total. The molecule has 1 amide bonds. The molecule has 0 bridgehead atoms. The summed E-state index contributed by atoms with van der Waals surface area (Å²) in [6, 6.07) is 8.58. The van der Waals surface area contributed by atoms with E-state index in [1.54, 1.807) is 51.1 Å². The maximum Gasteiger partial charge on any atom is 1.00 e. The number of halogens is 3. The van der Waals surface area contributed by atoms with E-state index >= 15 is 0 Å². The second-order valence-corrected chi connectivity index (χ2v) is 6.90. The van der Waals surface area contributed by atoms with Crippen molar-refractivity contribution in [3.8, 4) is 0 Å². The van der Waals surface area contributed by atoms with Gasteiger partial charge in [-0.3, -0.25) is 0 Å². The van der Waals surface area contributed by atoms with Gasteiger partial charge in [-0.2, -0.15) is 0 Å². The third-order valence-corrected chi connectivity index (χ3v) is 3.65. The van der Waals surface area contributed by atoms with Crippen LogP contribution in [0.5, 0.6) is 0 Å². The van der Waals surface area contributed by atoms with E-state index in [1.165, 1.54) is 4.90 Å². The first kappa shape index (κ1) is 21.0. The van der Waals surface area contributed by atoms with Crippen LogP contribution in [0.4, 0.5) is 17.7 Å². The molecule has 23 heavy (non-hydrogen) atoms. The molecule has 0 spiro atoms. The zero-order valence-corrected chi connectivity index (χ0v) is 17.1. The van der Waals surface area contributed by atoms with E-state index in [4.69, 9.17) is 4.74 Å². The summed E-state index contributed by atoms with van der Waals surface area (Å²) >= 11 is 0. The van der Waals surface area contributed by atoms with Gasteiger partial charge < -0.3 is 22.6 Å². The predicted molar refractivity (Wildman–Crippen MR) is 79.8 cm³/mol. The van der Waals surface area contributed by atoms with Crippen LogP contribution in [0.25, 0.3) is 0 Å². The van der Waals surface area contributed by atoms with Crippen molar-refractivity contribution in [2.45, 2.75) is 38.1 Å². The van der Waals surface area contributed by atoms with Crippen LogP contribution in [0.3, 0.4) is 0 Å². The molecule has 0 aromatic heterocycles. The van der Waals surface area contributed by atoms with Gasteiger partial charge in [-0.25, -0.2) is 4.79 Å². The largest absolute Gasteiger partial charge is 1.00 e. The van der Waals surface area contributed by atoms with Crippen LogP contribution in [0.1, 0.15) is 26.3 Å². The van der Waals surface area contributed by atoms with Crippen LogP contribution in [0, 0.1) is 0 Å². The Morgan fingerprint density at radius 1 is 1.22 bits per heavy atom. The maximum atomic E-state index is 13.0. The quantitative estimate of drug-likeness (QED) is 0.760. The second kappa shape index (κ2) is 7.47. The number of hydrogen-bond donors (Lipinski definition) is 0. The standard InChI is InChI=1S/C15H20BF3NO2.K/c1-14(2,3)22-13(21)20-10-15(11-20,9-16(17,18)19)12-7-5-4-6-8-12;/h4-8H,9-11H2,1-3H3;/q-1;+1. The molecule has 122 valence electrons. The van der Waals surface area contributed by atoms with E-state index in [1.807, 2.05) is 0 Å². The van der Waals surface area contributed by atoms with Crippen LogP contribution in [0.15, 0.2) is 30.3 Å². The van der Waals surface area contributed by atoms with Gasteiger partial charge in [-0.05, 0) is 26.3 Å². The molecule has 3 nitrogen and oxygen atoms in total. The molecule has 0 saturated carbocycles. The number of hydrogen-bond acceptors (Lipinski definition) is 2. The van der Waals surface area contributed by atoms with Crippen molar-refractivity contribution in [2.75, 3.05) is 13.1 Å². The van der Waals surface area contributed by atoms with Crippen molar-refractivity contribution < 1.29 is 73.9 Å². The van der Waals surface area contributed by atoms with Crippen LogP contribution >= 0.6 is 0 Å². The summed E-state index contributed by atoms with van der Waals surface area (Å²) in [7, 11) is 0. The summed E-state index contributed by atoms with van der Waals surface area (Å²) in [5, 5.41) is 0. The summed E-state index contributed by atoms with van der Waals surface area (Å²) in [5.41, 5.74) is -1.08. The zero-order chi connectivity index (χ0) is 16.6. The molecule has 1 heterocycles. The molecule has 1 aliphatic heterocycles. The molecule has 0 radical (unpaired) electrons. The Morgan fingerprint density at radius 2 is 1.74 bits per heavy atom. The van der Waals surface area contributed by atoms with Gasteiger partial charge in [0.1, 0.15) is 5.60 Å². The minimum Gasteiger partial charge on any atom is -0.449 e. The topological polar surface area (TPSA) is 29.5 Å². The first-order valence-corrected chi connectivity index (χ1v) is 7.25. The van der Waals surface area contributed by atoms with Crippen molar-refractivity contribution in [1.29, 1.82) is 0 Å². The van der Waals surface area contributed by atoms with Crippen molar-refractivity contribution in [3.05, 3.63) is 35.9 Å². The fraction of sp³-hybridized carbons (Fsp3) is 0.533. The minimum atomic E-state index is -4.94. The maximum absolute atomic E-state index is 13.0.